The molecule has 5 nitrogen and oxygen atoms in total. The van der Waals surface area contributed by atoms with E-state index < -0.39 is 0 Å². The molecule has 0 aliphatic carbocycles. The van der Waals surface area contributed by atoms with E-state index in [1.807, 2.05) is 24.1 Å². The summed E-state index contributed by atoms with van der Waals surface area (Å²) in [6.07, 6.45) is 2.53. The van der Waals surface area contributed by atoms with Gasteiger partial charge in [-0.05, 0) is 39.7 Å². The highest BCUT2D eigenvalue weighted by atomic mass is 32.1. The number of hydrogen-bond acceptors (Lipinski definition) is 4. The molecule has 0 N–H and O–H groups in total. The summed E-state index contributed by atoms with van der Waals surface area (Å²) in [5.41, 5.74) is 3.10. The Kier molecular flexibility index (Phi) is 4.29. The third-order valence-electron chi connectivity index (χ3n) is 4.14. The van der Waals surface area contributed by atoms with Crippen LogP contribution in [0.1, 0.15) is 41.0 Å². The second-order valence-electron chi connectivity index (χ2n) is 6.04. The molecule has 2 aromatic rings. The quantitative estimate of drug-likeness (QED) is 0.874. The van der Waals surface area contributed by atoms with Crippen LogP contribution in [-0.2, 0) is 11.2 Å². The Morgan fingerprint density at radius 3 is 2.86 bits per heavy atom. The Morgan fingerprint density at radius 1 is 1.41 bits per heavy atom. The zero-order valence-corrected chi connectivity index (χ0v) is 14.2. The van der Waals surface area contributed by atoms with Gasteiger partial charge in [-0.1, -0.05) is 0 Å². The van der Waals surface area contributed by atoms with Gasteiger partial charge in [-0.25, -0.2) is 4.98 Å². The molecule has 0 bridgehead atoms. The maximum absolute atomic E-state index is 12.5. The smallest absolute Gasteiger partial charge is 0.228 e. The Balaban J connectivity index is 1.67. The highest BCUT2D eigenvalue weighted by Gasteiger charge is 2.26. The molecule has 1 aliphatic rings. The van der Waals surface area contributed by atoms with Crippen LogP contribution < -0.4 is 0 Å². The van der Waals surface area contributed by atoms with Crippen LogP contribution in [0.25, 0.3) is 0 Å². The van der Waals surface area contributed by atoms with E-state index in [0.29, 0.717) is 12.5 Å². The third-order valence-corrected chi connectivity index (χ3v) is 4.96. The van der Waals surface area contributed by atoms with E-state index in [1.165, 1.54) is 5.69 Å². The number of likely N-dealkylation sites (tertiary alicyclic amines) is 1. The van der Waals surface area contributed by atoms with E-state index in [-0.39, 0.29) is 5.91 Å². The number of aryl methyl sites for hydroxylation is 3. The molecule has 1 aliphatic heterocycles. The number of carbonyl (C=O) groups excluding carboxylic acids is 1. The summed E-state index contributed by atoms with van der Waals surface area (Å²) in [5, 5.41) is 7.58. The lowest BCUT2D eigenvalue weighted by molar-refractivity contribution is -0.132. The van der Waals surface area contributed by atoms with Crippen LogP contribution in [0.5, 0.6) is 0 Å². The molecular weight excluding hydrogens is 296 g/mol. The summed E-state index contributed by atoms with van der Waals surface area (Å²) in [4.78, 5) is 18.9. The number of aromatic nitrogens is 3. The average Bonchev–Trinajstić information content (AvgIpc) is 3.04. The van der Waals surface area contributed by atoms with Crippen LogP contribution >= 0.6 is 11.3 Å². The molecule has 22 heavy (non-hydrogen) atoms. The fourth-order valence-electron chi connectivity index (χ4n) is 3.15. The third kappa shape index (κ3) is 3.21. The van der Waals surface area contributed by atoms with Crippen molar-refractivity contribution in [2.45, 2.75) is 46.1 Å². The number of carbonyl (C=O) groups is 1. The second-order valence-corrected chi connectivity index (χ2v) is 7.10. The van der Waals surface area contributed by atoms with Crippen molar-refractivity contribution < 1.29 is 4.79 Å². The molecule has 3 heterocycles. The lowest BCUT2D eigenvalue weighted by atomic mass is 10.0. The minimum absolute atomic E-state index is 0.177. The van der Waals surface area contributed by atoms with E-state index in [0.717, 1.165) is 42.3 Å². The summed E-state index contributed by atoms with van der Waals surface area (Å²) >= 11 is 1.60. The zero-order chi connectivity index (χ0) is 15.7. The topological polar surface area (TPSA) is 51.0 Å². The minimum Gasteiger partial charge on any atom is -0.340 e. The second kappa shape index (κ2) is 6.20. The minimum atomic E-state index is 0.177. The molecule has 0 radical (unpaired) electrons. The first-order valence-electron chi connectivity index (χ1n) is 7.74. The fourth-order valence-corrected chi connectivity index (χ4v) is 3.77. The van der Waals surface area contributed by atoms with Crippen molar-refractivity contribution >= 4 is 17.2 Å². The SMILES string of the molecule is Cc1cc(C)n([C@@H]2CCCN(C(=O)Cc3csc(C)n3)C2)n1. The van der Waals surface area contributed by atoms with Gasteiger partial charge in [-0.15, -0.1) is 11.3 Å². The van der Waals surface area contributed by atoms with Crippen LogP contribution in [0.2, 0.25) is 0 Å². The van der Waals surface area contributed by atoms with Crippen molar-refractivity contribution in [3.8, 4) is 0 Å². The lowest BCUT2D eigenvalue weighted by Crippen LogP contribution is -2.41. The van der Waals surface area contributed by atoms with Crippen molar-refractivity contribution in [3.63, 3.8) is 0 Å². The molecule has 118 valence electrons. The number of piperidine rings is 1. The Morgan fingerprint density at radius 2 is 2.23 bits per heavy atom. The number of hydrogen-bond donors (Lipinski definition) is 0. The summed E-state index contributed by atoms with van der Waals surface area (Å²) in [7, 11) is 0. The first kappa shape index (κ1) is 15.2. The van der Waals surface area contributed by atoms with Crippen LogP contribution in [0.15, 0.2) is 11.4 Å². The number of thiazole rings is 1. The predicted molar refractivity (Wildman–Crippen MR) is 87.1 cm³/mol. The van der Waals surface area contributed by atoms with Gasteiger partial charge in [-0.2, -0.15) is 5.10 Å². The maximum atomic E-state index is 12.5. The van der Waals surface area contributed by atoms with Crippen LogP contribution in [0.3, 0.4) is 0 Å². The molecule has 0 spiro atoms. The van der Waals surface area contributed by atoms with E-state index in [9.17, 15) is 4.79 Å². The largest absolute Gasteiger partial charge is 0.340 e. The van der Waals surface area contributed by atoms with Crippen LogP contribution in [-0.4, -0.2) is 38.7 Å². The molecule has 0 saturated carbocycles. The normalized spacial score (nSPS) is 18.7. The monoisotopic (exact) mass is 318 g/mol. The molecule has 6 heteroatoms. The Hall–Kier alpha value is -1.69. The summed E-state index contributed by atoms with van der Waals surface area (Å²) < 4.78 is 2.09. The highest BCUT2D eigenvalue weighted by Crippen LogP contribution is 2.23. The van der Waals surface area contributed by atoms with Gasteiger partial charge < -0.3 is 4.90 Å². The van der Waals surface area contributed by atoms with Gasteiger partial charge in [0, 0.05) is 24.2 Å². The van der Waals surface area contributed by atoms with Gasteiger partial charge in [0.15, 0.2) is 0 Å². The summed E-state index contributed by atoms with van der Waals surface area (Å²) in [5.74, 6) is 0.177. The first-order chi connectivity index (χ1) is 10.5. The van der Waals surface area contributed by atoms with Gasteiger partial charge in [0.2, 0.25) is 5.91 Å². The lowest BCUT2D eigenvalue weighted by Gasteiger charge is -2.33. The van der Waals surface area contributed by atoms with Gasteiger partial charge in [0.1, 0.15) is 0 Å². The average molecular weight is 318 g/mol. The molecule has 0 unspecified atom stereocenters. The van der Waals surface area contributed by atoms with Crippen LogP contribution in [0.4, 0.5) is 0 Å². The zero-order valence-electron chi connectivity index (χ0n) is 13.4. The maximum Gasteiger partial charge on any atom is 0.228 e. The summed E-state index contributed by atoms with van der Waals surface area (Å²) in [6, 6.07) is 2.39. The molecule has 1 amide bonds. The predicted octanol–water partition coefficient (Wildman–Crippen LogP) is 2.67. The summed E-state index contributed by atoms with van der Waals surface area (Å²) in [6.45, 7) is 7.67. The number of nitrogens with zero attached hydrogens (tertiary/aromatic N) is 4. The molecule has 2 aromatic heterocycles. The van der Waals surface area contributed by atoms with Crippen molar-refractivity contribution in [1.29, 1.82) is 0 Å². The van der Waals surface area contributed by atoms with Crippen molar-refractivity contribution in [2.24, 2.45) is 0 Å². The van der Waals surface area contributed by atoms with E-state index in [4.69, 9.17) is 0 Å². The van der Waals surface area contributed by atoms with Gasteiger partial charge in [0.05, 0.1) is 28.9 Å². The van der Waals surface area contributed by atoms with E-state index >= 15 is 0 Å². The molecule has 1 fully saturated rings. The number of amides is 1. The first-order valence-corrected chi connectivity index (χ1v) is 8.62. The molecule has 1 atom stereocenters. The molecular formula is C16H22N4OS. The van der Waals surface area contributed by atoms with Gasteiger partial charge in [0.25, 0.3) is 0 Å². The van der Waals surface area contributed by atoms with Crippen molar-refractivity contribution in [2.75, 3.05) is 13.1 Å². The fraction of sp³-hybridized carbons (Fsp3) is 0.562. The van der Waals surface area contributed by atoms with E-state index in [2.05, 4.69) is 27.8 Å². The van der Waals surface area contributed by atoms with Crippen molar-refractivity contribution in [3.05, 3.63) is 33.5 Å². The Bertz CT molecular complexity index is 675. The highest BCUT2D eigenvalue weighted by molar-refractivity contribution is 7.09. The van der Waals surface area contributed by atoms with Gasteiger partial charge in [-0.3, -0.25) is 9.48 Å². The van der Waals surface area contributed by atoms with E-state index in [1.54, 1.807) is 11.3 Å². The standard InChI is InChI=1S/C16H22N4OS/c1-11-7-12(2)20(18-11)15-5-4-6-19(9-15)16(21)8-14-10-22-13(3)17-14/h7,10,15H,4-6,8-9H2,1-3H3/t15-/m1/s1. The van der Waals surface area contributed by atoms with Gasteiger partial charge >= 0.3 is 0 Å². The molecule has 3 rings (SSSR count). The Labute approximate surface area is 135 Å². The molecule has 0 aromatic carbocycles. The molecule has 1 saturated heterocycles. The van der Waals surface area contributed by atoms with Crippen molar-refractivity contribution in [1.82, 2.24) is 19.7 Å². The van der Waals surface area contributed by atoms with Crippen LogP contribution in [0, 0.1) is 20.8 Å². The number of rotatable bonds is 3.